The van der Waals surface area contributed by atoms with Crippen molar-refractivity contribution in [2.45, 2.75) is 44.4 Å². The third-order valence-corrected chi connectivity index (χ3v) is 4.54. The Hall–Kier alpha value is -1.00. The number of hydrogen-bond acceptors (Lipinski definition) is 3. The van der Waals surface area contributed by atoms with E-state index in [9.17, 15) is 8.42 Å². The Morgan fingerprint density at radius 2 is 2.10 bits per heavy atom. The average Bonchev–Trinajstić information content (AvgIpc) is 2.36. The lowest BCUT2D eigenvalue weighted by atomic mass is 9.98. The lowest BCUT2D eigenvalue weighted by Crippen LogP contribution is -2.04. The maximum Gasteiger partial charge on any atom is 0.261 e. The number of benzene rings is 1. The van der Waals surface area contributed by atoms with Gasteiger partial charge in [-0.25, -0.2) is 8.42 Å². The summed E-state index contributed by atoms with van der Waals surface area (Å²) >= 11 is 0. The van der Waals surface area contributed by atoms with Gasteiger partial charge in [-0.15, -0.1) is 6.58 Å². The van der Waals surface area contributed by atoms with Crippen molar-refractivity contribution in [3.63, 3.8) is 0 Å². The average molecular weight is 317 g/mol. The first-order valence-corrected chi connectivity index (χ1v) is 8.92. The fourth-order valence-corrected chi connectivity index (χ4v) is 2.54. The number of rotatable bonds is 7. The van der Waals surface area contributed by atoms with E-state index in [4.69, 9.17) is 15.4 Å². The molecule has 0 radical (unpaired) electrons. The third kappa shape index (κ3) is 4.84. The van der Waals surface area contributed by atoms with Crippen LogP contribution in [0.1, 0.15) is 45.1 Å². The van der Waals surface area contributed by atoms with Crippen LogP contribution in [0.3, 0.4) is 0 Å². The van der Waals surface area contributed by atoms with Crippen LogP contribution in [0.25, 0.3) is 0 Å². The molecule has 0 aliphatic heterocycles. The minimum absolute atomic E-state index is 0.113. The van der Waals surface area contributed by atoms with Gasteiger partial charge in [0, 0.05) is 17.1 Å². The molecule has 0 spiro atoms. The van der Waals surface area contributed by atoms with Crippen LogP contribution in [0.5, 0.6) is 5.75 Å². The van der Waals surface area contributed by atoms with Gasteiger partial charge in [0.05, 0.1) is 11.5 Å². The van der Waals surface area contributed by atoms with Gasteiger partial charge in [0.2, 0.25) is 0 Å². The van der Waals surface area contributed by atoms with Gasteiger partial charge in [-0.1, -0.05) is 19.4 Å². The number of halogens is 1. The van der Waals surface area contributed by atoms with Crippen LogP contribution in [0.15, 0.2) is 35.2 Å². The molecule has 1 aromatic carbocycles. The van der Waals surface area contributed by atoms with Gasteiger partial charge in [0.15, 0.2) is 0 Å². The highest BCUT2D eigenvalue weighted by molar-refractivity contribution is 8.13. The summed E-state index contributed by atoms with van der Waals surface area (Å²) in [6.07, 6.45) is 1.66. The molecule has 0 fully saturated rings. The molecular weight excluding hydrogens is 296 g/mol. The van der Waals surface area contributed by atoms with Crippen molar-refractivity contribution < 1.29 is 13.2 Å². The van der Waals surface area contributed by atoms with E-state index in [0.717, 1.165) is 24.0 Å². The van der Waals surface area contributed by atoms with Gasteiger partial charge >= 0.3 is 0 Å². The summed E-state index contributed by atoms with van der Waals surface area (Å²) in [5, 5.41) is 0. The normalized spacial score (nSPS) is 13.0. The predicted molar refractivity (Wildman–Crippen MR) is 83.1 cm³/mol. The summed E-state index contributed by atoms with van der Waals surface area (Å²) < 4.78 is 28.6. The highest BCUT2D eigenvalue weighted by Crippen LogP contribution is 2.32. The molecular formula is C15H21ClO3S. The van der Waals surface area contributed by atoms with Crippen LogP contribution in [-0.2, 0) is 9.05 Å². The predicted octanol–water partition coefficient (Wildman–Crippen LogP) is 4.47. The van der Waals surface area contributed by atoms with E-state index in [1.54, 1.807) is 12.1 Å². The first-order valence-electron chi connectivity index (χ1n) is 6.61. The fourth-order valence-electron chi connectivity index (χ4n) is 1.75. The van der Waals surface area contributed by atoms with Gasteiger partial charge in [-0.05, 0) is 43.0 Å². The van der Waals surface area contributed by atoms with Gasteiger partial charge < -0.3 is 4.74 Å². The Morgan fingerprint density at radius 1 is 1.45 bits per heavy atom. The highest BCUT2D eigenvalue weighted by Gasteiger charge is 2.16. The molecule has 0 heterocycles. The molecule has 0 aliphatic rings. The number of ether oxygens (including phenoxy) is 1. The molecule has 0 aromatic heterocycles. The standard InChI is InChI=1S/C15H21ClO3S/c1-5-12(4)14-10-13(20(16,17)18)6-7-15(14)19-9-8-11(2)3/h6-7,10,12H,2,5,8-9H2,1,3-4H3. The van der Waals surface area contributed by atoms with E-state index in [1.165, 1.54) is 6.07 Å². The molecule has 3 nitrogen and oxygen atoms in total. The Balaban J connectivity index is 3.07. The van der Waals surface area contributed by atoms with Gasteiger partial charge in [0.1, 0.15) is 5.75 Å². The van der Waals surface area contributed by atoms with E-state index >= 15 is 0 Å². The Morgan fingerprint density at radius 3 is 2.60 bits per heavy atom. The summed E-state index contributed by atoms with van der Waals surface area (Å²) in [6, 6.07) is 4.76. The molecule has 20 heavy (non-hydrogen) atoms. The van der Waals surface area contributed by atoms with Gasteiger partial charge in [-0.3, -0.25) is 0 Å². The summed E-state index contributed by atoms with van der Waals surface area (Å²) in [6.45, 7) is 10.4. The second-order valence-corrected chi connectivity index (χ2v) is 7.57. The molecule has 1 unspecified atom stereocenters. The van der Waals surface area contributed by atoms with Crippen LogP contribution >= 0.6 is 10.7 Å². The molecule has 0 aliphatic carbocycles. The molecule has 0 saturated carbocycles. The second kappa shape index (κ2) is 7.14. The van der Waals surface area contributed by atoms with E-state index in [-0.39, 0.29) is 10.8 Å². The molecule has 1 aromatic rings. The molecule has 0 N–H and O–H groups in total. The Kier molecular flexibility index (Phi) is 6.08. The smallest absolute Gasteiger partial charge is 0.261 e. The maximum absolute atomic E-state index is 11.4. The lowest BCUT2D eigenvalue weighted by molar-refractivity contribution is 0.316. The first-order chi connectivity index (χ1) is 9.25. The van der Waals surface area contributed by atoms with Crippen molar-refractivity contribution in [3.8, 4) is 5.75 Å². The van der Waals surface area contributed by atoms with Crippen LogP contribution < -0.4 is 4.74 Å². The second-order valence-electron chi connectivity index (χ2n) is 5.00. The van der Waals surface area contributed by atoms with E-state index in [2.05, 4.69) is 6.58 Å². The monoisotopic (exact) mass is 316 g/mol. The topological polar surface area (TPSA) is 43.4 Å². The maximum atomic E-state index is 11.4. The van der Waals surface area contributed by atoms with Crippen LogP contribution in [-0.4, -0.2) is 15.0 Å². The highest BCUT2D eigenvalue weighted by atomic mass is 35.7. The van der Waals surface area contributed by atoms with E-state index < -0.39 is 9.05 Å². The summed E-state index contributed by atoms with van der Waals surface area (Å²) in [4.78, 5) is 0.113. The first kappa shape index (κ1) is 17.1. The summed E-state index contributed by atoms with van der Waals surface area (Å²) in [7, 11) is 1.68. The van der Waals surface area contributed by atoms with Gasteiger partial charge in [0.25, 0.3) is 9.05 Å². The van der Waals surface area contributed by atoms with Crippen molar-refractivity contribution in [1.82, 2.24) is 0 Å². The molecule has 0 bridgehead atoms. The largest absolute Gasteiger partial charge is 0.493 e. The van der Waals surface area contributed by atoms with Crippen LogP contribution in [0, 0.1) is 0 Å². The molecule has 1 rings (SSSR count). The van der Waals surface area contributed by atoms with E-state index in [1.807, 2.05) is 20.8 Å². The summed E-state index contributed by atoms with van der Waals surface area (Å²) in [5.41, 5.74) is 1.92. The zero-order valence-corrected chi connectivity index (χ0v) is 13.7. The molecule has 0 saturated heterocycles. The Labute approximate surface area is 126 Å². The van der Waals surface area contributed by atoms with Crippen LogP contribution in [0.4, 0.5) is 0 Å². The molecule has 0 amide bonds. The van der Waals surface area contributed by atoms with Crippen molar-refractivity contribution in [2.75, 3.05) is 6.61 Å². The van der Waals surface area contributed by atoms with Gasteiger partial charge in [-0.2, -0.15) is 0 Å². The molecule has 112 valence electrons. The third-order valence-electron chi connectivity index (χ3n) is 3.19. The molecule has 5 heteroatoms. The number of hydrogen-bond donors (Lipinski definition) is 0. The quantitative estimate of drug-likeness (QED) is 0.550. The minimum Gasteiger partial charge on any atom is -0.493 e. The van der Waals surface area contributed by atoms with Crippen LogP contribution in [0.2, 0.25) is 0 Å². The zero-order valence-electron chi connectivity index (χ0n) is 12.1. The SMILES string of the molecule is C=C(C)CCOc1ccc(S(=O)(=O)Cl)cc1C(C)CC. The van der Waals surface area contributed by atoms with E-state index in [0.29, 0.717) is 12.4 Å². The minimum atomic E-state index is -3.72. The zero-order chi connectivity index (χ0) is 15.3. The summed E-state index contributed by atoms with van der Waals surface area (Å²) in [5.74, 6) is 0.915. The Bertz CT molecular complexity index is 579. The lowest BCUT2D eigenvalue weighted by Gasteiger charge is -2.16. The van der Waals surface area contributed by atoms with Crippen molar-refractivity contribution >= 4 is 19.7 Å². The van der Waals surface area contributed by atoms with Crippen molar-refractivity contribution in [3.05, 3.63) is 35.9 Å². The fraction of sp³-hybridized carbons (Fsp3) is 0.467. The molecule has 1 atom stereocenters. The van der Waals surface area contributed by atoms with Crippen molar-refractivity contribution in [2.24, 2.45) is 0 Å². The van der Waals surface area contributed by atoms with Crippen molar-refractivity contribution in [1.29, 1.82) is 0 Å².